The quantitative estimate of drug-likeness (QED) is 0.645. The smallest absolute Gasteiger partial charge is 0.249 e. The van der Waals surface area contributed by atoms with Crippen molar-refractivity contribution in [3.63, 3.8) is 0 Å². The van der Waals surface area contributed by atoms with Crippen LogP contribution in [0.3, 0.4) is 0 Å². The minimum atomic E-state index is -0.610. The van der Waals surface area contributed by atoms with Gasteiger partial charge in [0.2, 0.25) is 5.91 Å². The SMILES string of the molecule is NC(=O)c1ccc(C=O)cc1CO. The summed E-state index contributed by atoms with van der Waals surface area (Å²) in [4.78, 5) is 21.2. The molecule has 3 N–H and O–H groups in total. The molecule has 0 aliphatic rings. The fraction of sp³-hybridized carbons (Fsp3) is 0.111. The highest BCUT2D eigenvalue weighted by molar-refractivity contribution is 5.95. The Labute approximate surface area is 75.0 Å². The summed E-state index contributed by atoms with van der Waals surface area (Å²) in [7, 11) is 0. The van der Waals surface area contributed by atoms with Crippen LogP contribution in [0.15, 0.2) is 18.2 Å². The van der Waals surface area contributed by atoms with Gasteiger partial charge in [-0.3, -0.25) is 9.59 Å². The second-order valence-corrected chi connectivity index (χ2v) is 2.56. The lowest BCUT2D eigenvalue weighted by atomic mass is 10.0. The minimum Gasteiger partial charge on any atom is -0.392 e. The van der Waals surface area contributed by atoms with Gasteiger partial charge in [0.1, 0.15) is 6.29 Å². The zero-order chi connectivity index (χ0) is 9.84. The standard InChI is InChI=1S/C9H9NO3/c10-9(13)8-2-1-6(4-11)3-7(8)5-12/h1-4,12H,5H2,(H2,10,13). The topological polar surface area (TPSA) is 80.4 Å². The highest BCUT2D eigenvalue weighted by atomic mass is 16.3. The van der Waals surface area contributed by atoms with Crippen molar-refractivity contribution in [1.29, 1.82) is 0 Å². The van der Waals surface area contributed by atoms with E-state index < -0.39 is 5.91 Å². The van der Waals surface area contributed by atoms with Gasteiger partial charge in [-0.25, -0.2) is 0 Å². The van der Waals surface area contributed by atoms with Crippen LogP contribution in [-0.4, -0.2) is 17.3 Å². The Morgan fingerprint density at radius 2 is 2.23 bits per heavy atom. The van der Waals surface area contributed by atoms with Crippen LogP contribution >= 0.6 is 0 Å². The van der Waals surface area contributed by atoms with Crippen LogP contribution < -0.4 is 5.73 Å². The number of hydrogen-bond acceptors (Lipinski definition) is 3. The van der Waals surface area contributed by atoms with E-state index >= 15 is 0 Å². The molecule has 0 atom stereocenters. The first-order chi connectivity index (χ1) is 6.19. The first-order valence-electron chi connectivity index (χ1n) is 3.67. The van der Waals surface area contributed by atoms with Gasteiger partial charge in [-0.05, 0) is 17.7 Å². The molecule has 0 unspecified atom stereocenters. The van der Waals surface area contributed by atoms with Crippen molar-refractivity contribution in [2.75, 3.05) is 0 Å². The zero-order valence-corrected chi connectivity index (χ0v) is 6.86. The van der Waals surface area contributed by atoms with Crippen molar-refractivity contribution in [3.8, 4) is 0 Å². The lowest BCUT2D eigenvalue weighted by Gasteiger charge is -2.03. The predicted octanol–water partition coefficient (Wildman–Crippen LogP) is 0.0903. The second kappa shape index (κ2) is 3.82. The fourth-order valence-electron chi connectivity index (χ4n) is 1.06. The molecule has 0 spiro atoms. The van der Waals surface area contributed by atoms with Crippen LogP contribution in [0.4, 0.5) is 0 Å². The van der Waals surface area contributed by atoms with E-state index in [4.69, 9.17) is 10.8 Å². The predicted molar refractivity (Wildman–Crippen MR) is 46.3 cm³/mol. The Kier molecular flexibility index (Phi) is 2.76. The van der Waals surface area contributed by atoms with Gasteiger partial charge >= 0.3 is 0 Å². The summed E-state index contributed by atoms with van der Waals surface area (Å²) < 4.78 is 0. The number of aliphatic hydroxyl groups is 1. The molecule has 0 fully saturated rings. The third kappa shape index (κ3) is 1.91. The minimum absolute atomic E-state index is 0.244. The number of carbonyl (C=O) groups is 2. The number of nitrogens with two attached hydrogens (primary N) is 1. The molecule has 13 heavy (non-hydrogen) atoms. The monoisotopic (exact) mass is 179 g/mol. The van der Waals surface area contributed by atoms with Gasteiger partial charge in [-0.2, -0.15) is 0 Å². The van der Waals surface area contributed by atoms with E-state index in [1.807, 2.05) is 0 Å². The van der Waals surface area contributed by atoms with Crippen molar-refractivity contribution in [2.24, 2.45) is 5.73 Å². The molecule has 0 aromatic heterocycles. The number of aldehydes is 1. The number of rotatable bonds is 3. The first-order valence-corrected chi connectivity index (χ1v) is 3.67. The number of benzene rings is 1. The molecule has 0 radical (unpaired) electrons. The third-order valence-corrected chi connectivity index (χ3v) is 1.70. The molecule has 0 saturated carbocycles. The Morgan fingerprint density at radius 1 is 1.54 bits per heavy atom. The average Bonchev–Trinajstić information content (AvgIpc) is 2.16. The van der Waals surface area contributed by atoms with Gasteiger partial charge in [0, 0.05) is 11.1 Å². The maximum atomic E-state index is 10.8. The molecule has 0 saturated heterocycles. The lowest BCUT2D eigenvalue weighted by Crippen LogP contribution is -2.14. The Morgan fingerprint density at radius 3 is 2.69 bits per heavy atom. The van der Waals surface area contributed by atoms with E-state index in [1.54, 1.807) is 0 Å². The van der Waals surface area contributed by atoms with Gasteiger partial charge in [-0.15, -0.1) is 0 Å². The Bertz CT molecular complexity index is 347. The molecule has 4 heteroatoms. The molecule has 0 bridgehead atoms. The molecule has 0 aliphatic carbocycles. The van der Waals surface area contributed by atoms with Crippen molar-refractivity contribution in [3.05, 3.63) is 34.9 Å². The van der Waals surface area contributed by atoms with E-state index in [9.17, 15) is 9.59 Å². The largest absolute Gasteiger partial charge is 0.392 e. The summed E-state index contributed by atoms with van der Waals surface area (Å²) in [5.74, 6) is -0.610. The van der Waals surface area contributed by atoms with Gasteiger partial charge in [-0.1, -0.05) is 6.07 Å². The fourth-order valence-corrected chi connectivity index (χ4v) is 1.06. The van der Waals surface area contributed by atoms with Crippen molar-refractivity contribution in [2.45, 2.75) is 6.61 Å². The van der Waals surface area contributed by atoms with Crippen molar-refractivity contribution in [1.82, 2.24) is 0 Å². The van der Waals surface area contributed by atoms with Crippen molar-refractivity contribution < 1.29 is 14.7 Å². The van der Waals surface area contributed by atoms with Gasteiger partial charge in [0.15, 0.2) is 0 Å². The molecule has 0 aliphatic heterocycles. The number of aliphatic hydroxyl groups excluding tert-OH is 1. The summed E-state index contributed by atoms with van der Waals surface area (Å²) in [5.41, 5.74) is 6.07. The molecule has 0 heterocycles. The van der Waals surface area contributed by atoms with E-state index in [0.29, 0.717) is 17.4 Å². The van der Waals surface area contributed by atoms with Crippen LogP contribution in [0.25, 0.3) is 0 Å². The lowest BCUT2D eigenvalue weighted by molar-refractivity contribution is 0.0996. The van der Waals surface area contributed by atoms with Gasteiger partial charge < -0.3 is 10.8 Å². The van der Waals surface area contributed by atoms with E-state index in [1.165, 1.54) is 18.2 Å². The first kappa shape index (κ1) is 9.41. The average molecular weight is 179 g/mol. The molecule has 1 amide bonds. The summed E-state index contributed by atoms with van der Waals surface area (Å²) in [6.07, 6.45) is 0.643. The third-order valence-electron chi connectivity index (χ3n) is 1.70. The molecule has 68 valence electrons. The Balaban J connectivity index is 3.23. The van der Waals surface area contributed by atoms with Gasteiger partial charge in [0.05, 0.1) is 6.61 Å². The zero-order valence-electron chi connectivity index (χ0n) is 6.86. The Hall–Kier alpha value is -1.68. The van der Waals surface area contributed by atoms with Crippen LogP contribution in [-0.2, 0) is 6.61 Å². The van der Waals surface area contributed by atoms with Crippen LogP contribution in [0, 0.1) is 0 Å². The van der Waals surface area contributed by atoms with Crippen molar-refractivity contribution >= 4 is 12.2 Å². The summed E-state index contributed by atoms with van der Waals surface area (Å²) in [6, 6.07) is 4.34. The highest BCUT2D eigenvalue weighted by Crippen LogP contribution is 2.10. The number of hydrogen-bond donors (Lipinski definition) is 2. The van der Waals surface area contributed by atoms with Crippen LogP contribution in [0.5, 0.6) is 0 Å². The van der Waals surface area contributed by atoms with Crippen LogP contribution in [0.1, 0.15) is 26.3 Å². The van der Waals surface area contributed by atoms with E-state index in [-0.39, 0.29) is 12.2 Å². The maximum Gasteiger partial charge on any atom is 0.249 e. The van der Waals surface area contributed by atoms with Crippen LogP contribution in [0.2, 0.25) is 0 Å². The summed E-state index contributed by atoms with van der Waals surface area (Å²) in [6.45, 7) is -0.306. The highest BCUT2D eigenvalue weighted by Gasteiger charge is 2.07. The molecule has 1 aromatic rings. The number of primary amides is 1. The van der Waals surface area contributed by atoms with Gasteiger partial charge in [0.25, 0.3) is 0 Å². The van der Waals surface area contributed by atoms with E-state index in [0.717, 1.165) is 0 Å². The molecule has 4 nitrogen and oxygen atoms in total. The summed E-state index contributed by atoms with van der Waals surface area (Å²) >= 11 is 0. The molecule has 1 aromatic carbocycles. The maximum absolute atomic E-state index is 10.8. The molecular weight excluding hydrogens is 170 g/mol. The number of amides is 1. The second-order valence-electron chi connectivity index (χ2n) is 2.56. The normalized spacial score (nSPS) is 9.62. The number of carbonyl (C=O) groups excluding carboxylic acids is 2. The van der Waals surface area contributed by atoms with E-state index in [2.05, 4.69) is 0 Å². The molecule has 1 rings (SSSR count). The summed E-state index contributed by atoms with van der Waals surface area (Å²) in [5, 5.41) is 8.86. The molecular formula is C9H9NO3.